The number of carbonyl (C=O) groups excluding carboxylic acids is 1. The summed E-state index contributed by atoms with van der Waals surface area (Å²) in [5, 5.41) is 12.2. The summed E-state index contributed by atoms with van der Waals surface area (Å²) in [6, 6.07) is 6.03. The SMILES string of the molecule is CCc1csc(-c2cnc(Cc3cc(C(=O)N(C)CCO)ccc3C3(CC)CC3)nc2)n1. The Balaban J connectivity index is 1.62. The van der Waals surface area contributed by atoms with Gasteiger partial charge >= 0.3 is 0 Å². The molecule has 4 rings (SSSR count). The van der Waals surface area contributed by atoms with E-state index < -0.39 is 0 Å². The van der Waals surface area contributed by atoms with E-state index in [2.05, 4.69) is 40.2 Å². The Morgan fingerprint density at radius 3 is 2.56 bits per heavy atom. The fraction of sp³-hybridized carbons (Fsp3) is 0.440. The number of benzene rings is 1. The number of aliphatic hydroxyl groups excluding tert-OH is 1. The van der Waals surface area contributed by atoms with Crippen LogP contribution in [-0.4, -0.2) is 51.1 Å². The highest BCUT2D eigenvalue weighted by atomic mass is 32.1. The molecule has 1 amide bonds. The average molecular weight is 451 g/mol. The van der Waals surface area contributed by atoms with Crippen LogP contribution >= 0.6 is 11.3 Å². The van der Waals surface area contributed by atoms with Gasteiger partial charge in [0.2, 0.25) is 0 Å². The van der Waals surface area contributed by atoms with Gasteiger partial charge in [-0.1, -0.05) is 19.9 Å². The molecule has 2 aromatic heterocycles. The van der Waals surface area contributed by atoms with E-state index in [9.17, 15) is 9.90 Å². The van der Waals surface area contributed by atoms with Crippen molar-refractivity contribution in [2.24, 2.45) is 0 Å². The highest BCUT2D eigenvalue weighted by molar-refractivity contribution is 7.13. The van der Waals surface area contributed by atoms with Gasteiger partial charge in [-0.2, -0.15) is 0 Å². The van der Waals surface area contributed by atoms with Crippen molar-refractivity contribution in [1.29, 1.82) is 0 Å². The van der Waals surface area contributed by atoms with Gasteiger partial charge in [0.1, 0.15) is 10.8 Å². The van der Waals surface area contributed by atoms with Crippen LogP contribution in [0.1, 0.15) is 66.1 Å². The van der Waals surface area contributed by atoms with E-state index in [0.717, 1.165) is 40.5 Å². The number of carbonyl (C=O) groups is 1. The molecule has 6 nitrogen and oxygen atoms in total. The van der Waals surface area contributed by atoms with Gasteiger partial charge in [0.15, 0.2) is 0 Å². The molecule has 0 radical (unpaired) electrons. The number of aryl methyl sites for hydroxylation is 1. The number of rotatable bonds is 9. The first-order valence-corrected chi connectivity index (χ1v) is 12.1. The summed E-state index contributed by atoms with van der Waals surface area (Å²) in [4.78, 5) is 28.2. The van der Waals surface area contributed by atoms with Gasteiger partial charge in [-0.3, -0.25) is 4.79 Å². The molecular weight excluding hydrogens is 420 g/mol. The molecule has 1 aromatic carbocycles. The van der Waals surface area contributed by atoms with E-state index in [1.807, 2.05) is 24.5 Å². The standard InChI is InChI=1S/C25H30N4O2S/c1-4-20-16-32-23(28-20)19-14-26-22(27-15-19)13-18-12-17(24(31)29(3)10-11-30)6-7-21(18)25(5-2)8-9-25/h6-7,12,14-16,30H,4-5,8-11,13H2,1-3H3. The molecule has 0 saturated heterocycles. The quantitative estimate of drug-likeness (QED) is 0.527. The van der Waals surface area contributed by atoms with Crippen molar-refractivity contribution in [2.75, 3.05) is 20.2 Å². The summed E-state index contributed by atoms with van der Waals surface area (Å²) in [7, 11) is 1.71. The van der Waals surface area contributed by atoms with Crippen LogP contribution < -0.4 is 0 Å². The topological polar surface area (TPSA) is 79.2 Å². The highest BCUT2D eigenvalue weighted by Crippen LogP contribution is 2.52. The predicted molar refractivity (Wildman–Crippen MR) is 127 cm³/mol. The minimum atomic E-state index is -0.0834. The Bertz CT molecular complexity index is 1090. The zero-order valence-electron chi connectivity index (χ0n) is 19.0. The summed E-state index contributed by atoms with van der Waals surface area (Å²) < 4.78 is 0. The maximum Gasteiger partial charge on any atom is 0.253 e. The van der Waals surface area contributed by atoms with E-state index >= 15 is 0 Å². The first-order valence-electron chi connectivity index (χ1n) is 11.2. The third-order valence-electron chi connectivity index (χ3n) is 6.45. The van der Waals surface area contributed by atoms with Gasteiger partial charge in [-0.15, -0.1) is 11.3 Å². The lowest BCUT2D eigenvalue weighted by atomic mass is 9.86. The van der Waals surface area contributed by atoms with Crippen LogP contribution in [0.25, 0.3) is 10.6 Å². The molecule has 1 saturated carbocycles. The van der Waals surface area contributed by atoms with E-state index in [4.69, 9.17) is 0 Å². The lowest BCUT2D eigenvalue weighted by molar-refractivity contribution is 0.0767. The van der Waals surface area contributed by atoms with E-state index in [1.165, 1.54) is 18.4 Å². The van der Waals surface area contributed by atoms with Crippen molar-refractivity contribution in [3.63, 3.8) is 0 Å². The largest absolute Gasteiger partial charge is 0.395 e. The second-order valence-electron chi connectivity index (χ2n) is 8.52. The number of aliphatic hydroxyl groups is 1. The first-order chi connectivity index (χ1) is 15.5. The molecule has 0 spiro atoms. The van der Waals surface area contributed by atoms with Gasteiger partial charge in [-0.25, -0.2) is 15.0 Å². The molecule has 1 aliphatic carbocycles. The molecule has 1 aliphatic rings. The summed E-state index contributed by atoms with van der Waals surface area (Å²) >= 11 is 1.61. The van der Waals surface area contributed by atoms with Crippen molar-refractivity contribution in [3.05, 3.63) is 64.2 Å². The third-order valence-corrected chi connectivity index (χ3v) is 7.39. The fourth-order valence-electron chi connectivity index (χ4n) is 4.16. The Labute approximate surface area is 193 Å². The number of amides is 1. The number of hydrogen-bond acceptors (Lipinski definition) is 6. The molecular formula is C25H30N4O2S. The van der Waals surface area contributed by atoms with Gasteiger partial charge in [-0.05, 0) is 54.4 Å². The average Bonchev–Trinajstić information content (AvgIpc) is 3.47. The smallest absolute Gasteiger partial charge is 0.253 e. The molecule has 1 fully saturated rings. The molecule has 0 atom stereocenters. The normalized spacial score (nSPS) is 14.4. The molecule has 0 unspecified atom stereocenters. The van der Waals surface area contributed by atoms with E-state index in [-0.39, 0.29) is 17.9 Å². The monoisotopic (exact) mass is 450 g/mol. The van der Waals surface area contributed by atoms with Crippen molar-refractivity contribution >= 4 is 17.2 Å². The lowest BCUT2D eigenvalue weighted by Gasteiger charge is -2.21. The fourth-order valence-corrected chi connectivity index (χ4v) is 5.03. The number of aromatic nitrogens is 3. The van der Waals surface area contributed by atoms with Crippen molar-refractivity contribution < 1.29 is 9.90 Å². The van der Waals surface area contributed by atoms with Crippen molar-refractivity contribution in [3.8, 4) is 10.6 Å². The van der Waals surface area contributed by atoms with Gasteiger partial charge in [0.25, 0.3) is 5.91 Å². The summed E-state index contributed by atoms with van der Waals surface area (Å²) in [6.07, 6.45) is 8.63. The summed E-state index contributed by atoms with van der Waals surface area (Å²) in [6.45, 7) is 4.59. The molecule has 1 N–H and O–H groups in total. The van der Waals surface area contributed by atoms with Crippen LogP contribution in [0.15, 0.2) is 36.0 Å². The zero-order chi connectivity index (χ0) is 22.7. The molecule has 168 valence electrons. The van der Waals surface area contributed by atoms with Crippen molar-refractivity contribution in [1.82, 2.24) is 19.9 Å². The summed E-state index contributed by atoms with van der Waals surface area (Å²) in [5.41, 5.74) is 5.29. The van der Waals surface area contributed by atoms with Crippen LogP contribution in [0.2, 0.25) is 0 Å². The van der Waals surface area contributed by atoms with Gasteiger partial charge < -0.3 is 10.0 Å². The third kappa shape index (κ3) is 4.59. The highest BCUT2D eigenvalue weighted by Gasteiger charge is 2.43. The van der Waals surface area contributed by atoms with Crippen molar-refractivity contribution in [2.45, 2.75) is 51.4 Å². The minimum Gasteiger partial charge on any atom is -0.395 e. The van der Waals surface area contributed by atoms with Crippen LogP contribution in [-0.2, 0) is 18.3 Å². The number of nitrogens with zero attached hydrogens (tertiary/aromatic N) is 4. The maximum absolute atomic E-state index is 12.8. The van der Waals surface area contributed by atoms with Crippen LogP contribution in [0.5, 0.6) is 0 Å². The second kappa shape index (κ2) is 9.46. The van der Waals surface area contributed by atoms with E-state index in [0.29, 0.717) is 18.5 Å². The van der Waals surface area contributed by atoms with Crippen LogP contribution in [0.3, 0.4) is 0 Å². The molecule has 7 heteroatoms. The number of hydrogen-bond donors (Lipinski definition) is 1. The number of likely N-dealkylation sites (N-methyl/N-ethyl adjacent to an activating group) is 1. The number of thiazole rings is 1. The van der Waals surface area contributed by atoms with Crippen LogP contribution in [0.4, 0.5) is 0 Å². The Hall–Kier alpha value is -2.64. The Kier molecular flexibility index (Phi) is 6.67. The first kappa shape index (κ1) is 22.6. The van der Waals surface area contributed by atoms with Gasteiger partial charge in [0, 0.05) is 48.9 Å². The maximum atomic E-state index is 12.8. The summed E-state index contributed by atoms with van der Waals surface area (Å²) in [5.74, 6) is 0.655. The predicted octanol–water partition coefficient (Wildman–Crippen LogP) is 4.26. The van der Waals surface area contributed by atoms with Crippen LogP contribution in [0, 0.1) is 0 Å². The molecule has 0 bridgehead atoms. The van der Waals surface area contributed by atoms with E-state index in [1.54, 1.807) is 23.3 Å². The Morgan fingerprint density at radius 1 is 1.22 bits per heavy atom. The molecule has 3 aromatic rings. The lowest BCUT2D eigenvalue weighted by Crippen LogP contribution is -2.29. The molecule has 2 heterocycles. The molecule has 32 heavy (non-hydrogen) atoms. The second-order valence-corrected chi connectivity index (χ2v) is 9.38. The molecule has 0 aliphatic heterocycles. The van der Waals surface area contributed by atoms with Gasteiger partial charge in [0.05, 0.1) is 12.3 Å². The minimum absolute atomic E-state index is 0.0504. The zero-order valence-corrected chi connectivity index (χ0v) is 19.8. The Morgan fingerprint density at radius 2 is 1.97 bits per heavy atom.